The Kier molecular flexibility index (Phi) is 7.03. The van der Waals surface area contributed by atoms with Gasteiger partial charge in [-0.1, -0.05) is 26.0 Å². The Bertz CT molecular complexity index is 1490. The molecule has 3 unspecified atom stereocenters. The number of ether oxygens (including phenoxy) is 2. The van der Waals surface area contributed by atoms with Crippen LogP contribution in [-0.2, 0) is 5.41 Å². The lowest BCUT2D eigenvalue weighted by atomic mass is 9.79. The zero-order valence-electron chi connectivity index (χ0n) is 24.3. The highest BCUT2D eigenvalue weighted by Crippen LogP contribution is 2.42. The molecule has 0 saturated carbocycles. The van der Waals surface area contributed by atoms with E-state index in [9.17, 15) is 14.7 Å². The minimum Gasteiger partial charge on any atom is -0.492 e. The van der Waals surface area contributed by atoms with Crippen molar-refractivity contribution < 1.29 is 24.2 Å². The highest BCUT2D eigenvalue weighted by molar-refractivity contribution is 5.98. The molecule has 1 aromatic heterocycles. The number of hydrogen-bond acceptors (Lipinski definition) is 12. The van der Waals surface area contributed by atoms with Crippen molar-refractivity contribution in [1.29, 1.82) is 0 Å². The maximum Gasteiger partial charge on any atom is 0.269 e. The first-order chi connectivity index (χ1) is 20.5. The number of aliphatic imine (C=N–C) groups is 2. The Balaban J connectivity index is 1.20. The van der Waals surface area contributed by atoms with Crippen molar-refractivity contribution in [3.8, 4) is 11.5 Å². The van der Waals surface area contributed by atoms with Crippen molar-refractivity contribution in [3.63, 3.8) is 0 Å². The van der Waals surface area contributed by atoms with Gasteiger partial charge in [0.05, 0.1) is 37.1 Å². The SMILES string of the molecule is CCOc1ccc(C(=O)NC[C@@H]2N=C(N)N3CC(NC(=O)c4cccc5c4OCCC5(C)C)[C@@H](O)C34NC(N)=NC24)nc1. The Morgan fingerprint density at radius 2 is 2.02 bits per heavy atom. The van der Waals surface area contributed by atoms with Gasteiger partial charge in [-0.2, -0.15) is 0 Å². The van der Waals surface area contributed by atoms with Crippen LogP contribution < -0.4 is 36.9 Å². The Hall–Kier alpha value is -4.59. The van der Waals surface area contributed by atoms with Crippen molar-refractivity contribution in [1.82, 2.24) is 25.8 Å². The van der Waals surface area contributed by atoms with Gasteiger partial charge in [0.2, 0.25) is 0 Å². The molecule has 8 N–H and O–H groups in total. The first-order valence-electron chi connectivity index (χ1n) is 14.4. The number of aliphatic hydroxyl groups is 1. The van der Waals surface area contributed by atoms with Gasteiger partial charge in [-0.3, -0.25) is 9.59 Å². The molecule has 5 atom stereocenters. The minimum absolute atomic E-state index is 0.0557. The largest absolute Gasteiger partial charge is 0.492 e. The number of aliphatic hydroxyl groups excluding tert-OH is 1. The van der Waals surface area contributed by atoms with Crippen LogP contribution in [0.15, 0.2) is 46.5 Å². The van der Waals surface area contributed by atoms with Crippen LogP contribution in [0, 0.1) is 0 Å². The predicted octanol–water partition coefficient (Wildman–Crippen LogP) is -0.575. The molecule has 43 heavy (non-hydrogen) atoms. The van der Waals surface area contributed by atoms with E-state index in [-0.39, 0.29) is 42.0 Å². The molecule has 1 saturated heterocycles. The van der Waals surface area contributed by atoms with E-state index in [1.165, 1.54) is 6.20 Å². The van der Waals surface area contributed by atoms with Gasteiger partial charge in [0.1, 0.15) is 29.3 Å². The molecule has 1 fully saturated rings. The van der Waals surface area contributed by atoms with Crippen molar-refractivity contribution in [3.05, 3.63) is 53.3 Å². The number of fused-ring (bicyclic) bond motifs is 1. The third kappa shape index (κ3) is 4.75. The van der Waals surface area contributed by atoms with Crippen LogP contribution in [-0.4, -0.2) is 94.9 Å². The number of guanidine groups is 2. The number of para-hydroxylation sites is 1. The number of pyridine rings is 1. The molecule has 0 radical (unpaired) electrons. The molecule has 1 aromatic carbocycles. The molecular formula is C29H37N9O5. The van der Waals surface area contributed by atoms with Gasteiger partial charge < -0.3 is 46.9 Å². The number of hydrogen-bond donors (Lipinski definition) is 6. The van der Waals surface area contributed by atoms with E-state index in [1.807, 2.05) is 19.1 Å². The number of nitrogens with two attached hydrogens (primary N) is 2. The first kappa shape index (κ1) is 28.5. The van der Waals surface area contributed by atoms with Gasteiger partial charge in [-0.25, -0.2) is 15.0 Å². The monoisotopic (exact) mass is 591 g/mol. The lowest BCUT2D eigenvalue weighted by Crippen LogP contribution is -2.73. The third-order valence-corrected chi connectivity index (χ3v) is 8.68. The highest BCUT2D eigenvalue weighted by Gasteiger charge is 2.65. The second-order valence-corrected chi connectivity index (χ2v) is 11.8. The summed E-state index contributed by atoms with van der Waals surface area (Å²) in [5.41, 5.74) is 12.7. The summed E-state index contributed by atoms with van der Waals surface area (Å²) in [4.78, 5) is 41.4. The van der Waals surface area contributed by atoms with Gasteiger partial charge in [-0.05, 0) is 37.0 Å². The standard InChI is InChI=1S/C29H37N9O5/c1-4-42-15-8-9-18(32-12-15)25(41)33-13-19-22-29(37-26(30)36-22)23(39)20(14-38(29)27(31)35-19)34-24(40)16-6-5-7-17-21(16)43-11-10-28(17,2)3/h5-9,12,19-20,22-23,39H,4,10-11,13-14H2,1-3H3,(H2,31,35)(H,33,41)(H,34,40)(H3,30,36,37)/t19-,20?,22?,23+,29?/m0/s1. The van der Waals surface area contributed by atoms with Crippen molar-refractivity contribution in [2.45, 2.75) is 62.5 Å². The van der Waals surface area contributed by atoms with Crippen molar-refractivity contribution in [2.75, 3.05) is 26.3 Å². The molecule has 228 valence electrons. The fourth-order valence-electron chi connectivity index (χ4n) is 6.45. The van der Waals surface area contributed by atoms with Crippen LogP contribution in [0.5, 0.6) is 11.5 Å². The summed E-state index contributed by atoms with van der Waals surface area (Å²) in [6.07, 6.45) is 1.15. The average molecular weight is 592 g/mol. The third-order valence-electron chi connectivity index (χ3n) is 8.68. The summed E-state index contributed by atoms with van der Waals surface area (Å²) < 4.78 is 11.3. The zero-order chi connectivity index (χ0) is 30.5. The number of nitrogens with zero attached hydrogens (tertiary/aromatic N) is 4. The van der Waals surface area contributed by atoms with Gasteiger partial charge in [-0.15, -0.1) is 0 Å². The van der Waals surface area contributed by atoms with Gasteiger partial charge in [0.25, 0.3) is 11.8 Å². The number of aromatic nitrogens is 1. The quantitative estimate of drug-likeness (QED) is 0.242. The highest BCUT2D eigenvalue weighted by atomic mass is 16.5. The number of carbonyl (C=O) groups is 2. The molecule has 14 heteroatoms. The maximum absolute atomic E-state index is 13.6. The number of rotatable bonds is 7. The van der Waals surface area contributed by atoms with Gasteiger partial charge >= 0.3 is 0 Å². The Labute approximate surface area is 248 Å². The second-order valence-electron chi connectivity index (χ2n) is 11.8. The van der Waals surface area contributed by atoms with Crippen LogP contribution in [0.4, 0.5) is 0 Å². The van der Waals surface area contributed by atoms with E-state index in [2.05, 4.69) is 44.8 Å². The molecule has 14 nitrogen and oxygen atoms in total. The number of amides is 2. The van der Waals surface area contributed by atoms with Crippen molar-refractivity contribution in [2.24, 2.45) is 21.5 Å². The number of nitrogens with one attached hydrogen (secondary N) is 3. The summed E-state index contributed by atoms with van der Waals surface area (Å²) in [6, 6.07) is 6.66. The Morgan fingerprint density at radius 3 is 2.77 bits per heavy atom. The number of benzene rings is 1. The lowest BCUT2D eigenvalue weighted by molar-refractivity contribution is 0.0143. The molecular weight excluding hydrogens is 554 g/mol. The summed E-state index contributed by atoms with van der Waals surface area (Å²) in [5.74, 6) is 0.564. The molecule has 4 aliphatic heterocycles. The van der Waals surface area contributed by atoms with Crippen molar-refractivity contribution >= 4 is 23.7 Å². The Morgan fingerprint density at radius 1 is 1.21 bits per heavy atom. The molecule has 0 bridgehead atoms. The molecule has 2 aromatic rings. The molecule has 5 heterocycles. The lowest BCUT2D eigenvalue weighted by Gasteiger charge is -2.46. The molecule has 6 rings (SSSR count). The van der Waals surface area contributed by atoms with E-state index in [0.29, 0.717) is 30.3 Å². The topological polar surface area (TPSA) is 202 Å². The van der Waals surface area contributed by atoms with E-state index in [0.717, 1.165) is 12.0 Å². The second kappa shape index (κ2) is 10.6. The molecule has 2 amide bonds. The molecule has 4 aliphatic rings. The van der Waals surface area contributed by atoms with Gasteiger partial charge in [0.15, 0.2) is 17.6 Å². The smallest absolute Gasteiger partial charge is 0.269 e. The van der Waals surface area contributed by atoms with E-state index < -0.39 is 35.8 Å². The summed E-state index contributed by atoms with van der Waals surface area (Å²) in [7, 11) is 0. The fraction of sp³-hybridized carbons (Fsp3) is 0.483. The van der Waals surface area contributed by atoms with Crippen LogP contribution in [0.2, 0.25) is 0 Å². The summed E-state index contributed by atoms with van der Waals surface area (Å²) in [6.45, 7) is 7.32. The molecule has 1 spiro atoms. The van der Waals surface area contributed by atoms with E-state index in [4.69, 9.17) is 20.9 Å². The van der Waals surface area contributed by atoms with Crippen LogP contribution in [0.1, 0.15) is 53.6 Å². The average Bonchev–Trinajstić information content (AvgIpc) is 3.47. The van der Waals surface area contributed by atoms with Crippen LogP contribution in [0.3, 0.4) is 0 Å². The zero-order valence-corrected chi connectivity index (χ0v) is 24.3. The number of carbonyl (C=O) groups excluding carboxylic acids is 2. The van der Waals surface area contributed by atoms with Crippen LogP contribution in [0.25, 0.3) is 0 Å². The first-order valence-corrected chi connectivity index (χ1v) is 14.4. The normalized spacial score (nSPS) is 28.2. The van der Waals surface area contributed by atoms with Gasteiger partial charge in [0, 0.05) is 18.7 Å². The molecule has 0 aliphatic carbocycles. The fourth-order valence-corrected chi connectivity index (χ4v) is 6.45. The van der Waals surface area contributed by atoms with E-state index >= 15 is 0 Å². The predicted molar refractivity (Wildman–Crippen MR) is 158 cm³/mol. The van der Waals surface area contributed by atoms with Crippen LogP contribution >= 0.6 is 0 Å². The summed E-state index contributed by atoms with van der Waals surface area (Å²) >= 11 is 0. The minimum atomic E-state index is -1.27. The maximum atomic E-state index is 13.6. The van der Waals surface area contributed by atoms with E-state index in [1.54, 1.807) is 23.1 Å². The summed E-state index contributed by atoms with van der Waals surface area (Å²) in [5, 5.41) is 20.7.